The van der Waals surface area contributed by atoms with Crippen molar-refractivity contribution in [3.8, 4) is 11.5 Å². The molecule has 0 spiro atoms. The molecular weight excluding hydrogens is 258 g/mol. The zero-order chi connectivity index (χ0) is 14.5. The lowest BCUT2D eigenvalue weighted by atomic mass is 10.0. The first-order chi connectivity index (χ1) is 9.65. The zero-order valence-corrected chi connectivity index (χ0v) is 12.2. The summed E-state index contributed by atoms with van der Waals surface area (Å²) >= 11 is 0. The van der Waals surface area contributed by atoms with E-state index in [1.54, 1.807) is 7.11 Å². The third kappa shape index (κ3) is 3.22. The number of esters is 1. The van der Waals surface area contributed by atoms with Gasteiger partial charge in [0.25, 0.3) is 0 Å². The van der Waals surface area contributed by atoms with Gasteiger partial charge in [0.1, 0.15) is 6.61 Å². The summed E-state index contributed by atoms with van der Waals surface area (Å²) in [6.07, 6.45) is 0.836. The van der Waals surface area contributed by atoms with Crippen molar-refractivity contribution in [2.24, 2.45) is 0 Å². The van der Waals surface area contributed by atoms with E-state index in [1.165, 1.54) is 0 Å². The molecule has 1 aromatic rings. The number of ether oxygens (including phenoxy) is 3. The Hall–Kier alpha value is -1.75. The van der Waals surface area contributed by atoms with Gasteiger partial charge in [-0.3, -0.25) is 9.69 Å². The first-order valence-electron chi connectivity index (χ1n) is 6.80. The van der Waals surface area contributed by atoms with Gasteiger partial charge in [-0.2, -0.15) is 0 Å². The molecule has 1 aromatic carbocycles. The fourth-order valence-corrected chi connectivity index (χ4v) is 2.36. The number of hydrogen-bond donors (Lipinski definition) is 0. The molecule has 0 bridgehead atoms. The molecule has 20 heavy (non-hydrogen) atoms. The van der Waals surface area contributed by atoms with Crippen molar-refractivity contribution >= 4 is 5.97 Å². The molecule has 110 valence electrons. The molecule has 0 saturated heterocycles. The lowest BCUT2D eigenvalue weighted by Gasteiger charge is -2.32. The number of carbonyl (C=O) groups excluding carboxylic acids is 1. The van der Waals surface area contributed by atoms with Crippen LogP contribution in [-0.4, -0.2) is 50.8 Å². The van der Waals surface area contributed by atoms with Crippen LogP contribution < -0.4 is 9.47 Å². The maximum absolute atomic E-state index is 11.5. The fraction of sp³-hybridized carbons (Fsp3) is 0.533. The monoisotopic (exact) mass is 279 g/mol. The van der Waals surface area contributed by atoms with Crippen molar-refractivity contribution in [2.75, 3.05) is 33.9 Å². The van der Waals surface area contributed by atoms with Crippen LogP contribution in [0.2, 0.25) is 0 Å². The third-order valence-electron chi connectivity index (χ3n) is 3.46. The van der Waals surface area contributed by atoms with E-state index in [4.69, 9.17) is 14.2 Å². The number of para-hydroxylation sites is 1. The summed E-state index contributed by atoms with van der Waals surface area (Å²) in [6.45, 7) is 3.04. The molecule has 1 aliphatic heterocycles. The lowest BCUT2D eigenvalue weighted by Crippen LogP contribution is -2.43. The third-order valence-corrected chi connectivity index (χ3v) is 3.46. The van der Waals surface area contributed by atoms with Gasteiger partial charge in [0.05, 0.1) is 20.3 Å². The highest BCUT2D eigenvalue weighted by atomic mass is 16.5. The van der Waals surface area contributed by atoms with Crippen molar-refractivity contribution in [1.82, 2.24) is 4.90 Å². The predicted octanol–water partition coefficient (Wildman–Crippen LogP) is 1.49. The summed E-state index contributed by atoms with van der Waals surface area (Å²) in [7, 11) is 3.55. The molecule has 2 rings (SSSR count). The van der Waals surface area contributed by atoms with Gasteiger partial charge in [0.15, 0.2) is 11.5 Å². The molecule has 0 aromatic heterocycles. The topological polar surface area (TPSA) is 48.0 Å². The maximum Gasteiger partial charge on any atom is 0.320 e. The molecule has 0 amide bonds. The summed E-state index contributed by atoms with van der Waals surface area (Å²) in [5.74, 6) is 1.37. The molecule has 1 unspecified atom stereocenters. The van der Waals surface area contributed by atoms with Gasteiger partial charge in [0.2, 0.25) is 0 Å². The van der Waals surface area contributed by atoms with E-state index >= 15 is 0 Å². The van der Waals surface area contributed by atoms with E-state index < -0.39 is 0 Å². The molecule has 0 radical (unpaired) electrons. The SMILES string of the molecule is CCOC(=O)CN(C)C1COc2c(cccc2OC)C1. The predicted molar refractivity (Wildman–Crippen MR) is 75.2 cm³/mol. The van der Waals surface area contributed by atoms with Crippen molar-refractivity contribution < 1.29 is 19.0 Å². The maximum atomic E-state index is 11.5. The van der Waals surface area contributed by atoms with Crippen molar-refractivity contribution in [1.29, 1.82) is 0 Å². The van der Waals surface area contributed by atoms with E-state index in [0.29, 0.717) is 13.2 Å². The summed E-state index contributed by atoms with van der Waals surface area (Å²) in [5.41, 5.74) is 1.11. The first-order valence-corrected chi connectivity index (χ1v) is 6.80. The van der Waals surface area contributed by atoms with Crippen LogP contribution in [0.1, 0.15) is 12.5 Å². The van der Waals surface area contributed by atoms with Gasteiger partial charge in [-0.05, 0) is 32.0 Å². The molecule has 1 aliphatic rings. The van der Waals surface area contributed by atoms with E-state index in [2.05, 4.69) is 0 Å². The van der Waals surface area contributed by atoms with Crippen LogP contribution in [0.4, 0.5) is 0 Å². The number of benzene rings is 1. The Morgan fingerprint density at radius 1 is 1.50 bits per heavy atom. The van der Waals surface area contributed by atoms with Crippen molar-refractivity contribution in [3.63, 3.8) is 0 Å². The minimum Gasteiger partial charge on any atom is -0.493 e. The molecule has 1 heterocycles. The standard InChI is InChI=1S/C15H21NO4/c1-4-19-14(17)9-16(2)12-8-11-6-5-7-13(18-3)15(11)20-10-12/h5-7,12H,4,8-10H2,1-3H3. The number of fused-ring (bicyclic) bond motifs is 1. The smallest absolute Gasteiger partial charge is 0.320 e. The molecule has 0 fully saturated rings. The van der Waals surface area contributed by atoms with Crippen LogP contribution >= 0.6 is 0 Å². The van der Waals surface area contributed by atoms with E-state index in [0.717, 1.165) is 23.5 Å². The average Bonchev–Trinajstić information content (AvgIpc) is 2.46. The van der Waals surface area contributed by atoms with E-state index in [9.17, 15) is 4.79 Å². The van der Waals surface area contributed by atoms with Crippen LogP contribution in [0.15, 0.2) is 18.2 Å². The minimum atomic E-state index is -0.202. The quantitative estimate of drug-likeness (QED) is 0.764. The Labute approximate surface area is 119 Å². The van der Waals surface area contributed by atoms with Gasteiger partial charge in [-0.15, -0.1) is 0 Å². The molecule has 0 aliphatic carbocycles. The highest BCUT2D eigenvalue weighted by Gasteiger charge is 2.26. The molecule has 1 atom stereocenters. The largest absolute Gasteiger partial charge is 0.493 e. The number of rotatable bonds is 5. The molecule has 5 heteroatoms. The normalized spacial score (nSPS) is 17.3. The van der Waals surface area contributed by atoms with Gasteiger partial charge in [-0.1, -0.05) is 12.1 Å². The minimum absolute atomic E-state index is 0.166. The van der Waals surface area contributed by atoms with Crippen LogP contribution in [0.5, 0.6) is 11.5 Å². The zero-order valence-electron chi connectivity index (χ0n) is 12.2. The number of likely N-dealkylation sites (N-methyl/N-ethyl adjacent to an activating group) is 1. The number of nitrogens with zero attached hydrogens (tertiary/aromatic N) is 1. The Kier molecular flexibility index (Phi) is 4.84. The number of carbonyl (C=O) groups is 1. The van der Waals surface area contributed by atoms with Crippen molar-refractivity contribution in [3.05, 3.63) is 23.8 Å². The Morgan fingerprint density at radius 2 is 2.30 bits per heavy atom. The molecular formula is C15H21NO4. The summed E-state index contributed by atoms with van der Waals surface area (Å²) in [5, 5.41) is 0. The van der Waals surface area contributed by atoms with Gasteiger partial charge in [0, 0.05) is 6.04 Å². The van der Waals surface area contributed by atoms with Crippen LogP contribution in [0.25, 0.3) is 0 Å². The Balaban J connectivity index is 2.02. The fourth-order valence-electron chi connectivity index (χ4n) is 2.36. The highest BCUT2D eigenvalue weighted by molar-refractivity contribution is 5.71. The van der Waals surface area contributed by atoms with Crippen LogP contribution in [-0.2, 0) is 16.0 Å². The van der Waals surface area contributed by atoms with Gasteiger partial charge in [-0.25, -0.2) is 0 Å². The van der Waals surface area contributed by atoms with Crippen LogP contribution in [0.3, 0.4) is 0 Å². The second-order valence-corrected chi connectivity index (χ2v) is 4.84. The molecule has 0 saturated carbocycles. The second-order valence-electron chi connectivity index (χ2n) is 4.84. The number of hydrogen-bond acceptors (Lipinski definition) is 5. The van der Waals surface area contributed by atoms with E-state index in [1.807, 2.05) is 37.1 Å². The second kappa shape index (κ2) is 6.61. The lowest BCUT2D eigenvalue weighted by molar-refractivity contribution is -0.144. The van der Waals surface area contributed by atoms with Crippen molar-refractivity contribution in [2.45, 2.75) is 19.4 Å². The number of methoxy groups -OCH3 is 1. The van der Waals surface area contributed by atoms with Crippen LogP contribution in [0, 0.1) is 0 Å². The van der Waals surface area contributed by atoms with E-state index in [-0.39, 0.29) is 18.6 Å². The first kappa shape index (κ1) is 14.7. The highest BCUT2D eigenvalue weighted by Crippen LogP contribution is 2.35. The van der Waals surface area contributed by atoms with Gasteiger partial charge < -0.3 is 14.2 Å². The summed E-state index contributed by atoms with van der Waals surface area (Å²) in [6, 6.07) is 6.04. The summed E-state index contributed by atoms with van der Waals surface area (Å²) < 4.78 is 16.1. The molecule has 0 N–H and O–H groups in total. The van der Waals surface area contributed by atoms with Gasteiger partial charge >= 0.3 is 5.97 Å². The Bertz CT molecular complexity index is 475. The summed E-state index contributed by atoms with van der Waals surface area (Å²) in [4.78, 5) is 13.5. The molecule has 5 nitrogen and oxygen atoms in total. The average molecular weight is 279 g/mol. The Morgan fingerprint density at radius 3 is 3.00 bits per heavy atom.